The van der Waals surface area contributed by atoms with E-state index in [9.17, 15) is 22.2 Å². The van der Waals surface area contributed by atoms with E-state index in [-0.39, 0.29) is 43.1 Å². The number of hydrogen-bond donors (Lipinski definition) is 0. The molecule has 13 heteroatoms. The first-order chi connectivity index (χ1) is 14.0. The van der Waals surface area contributed by atoms with Gasteiger partial charge in [-0.1, -0.05) is 0 Å². The van der Waals surface area contributed by atoms with E-state index in [4.69, 9.17) is 21.1 Å². The average molecular weight is 471 g/mol. The van der Waals surface area contributed by atoms with Crippen LogP contribution in [0.2, 0.25) is 5.28 Å². The lowest BCUT2D eigenvalue weighted by Gasteiger charge is -2.39. The molecule has 0 aliphatic carbocycles. The summed E-state index contributed by atoms with van der Waals surface area (Å²) >= 11 is 6.14. The van der Waals surface area contributed by atoms with Crippen molar-refractivity contribution in [1.29, 1.82) is 0 Å². The molecule has 0 aromatic carbocycles. The number of rotatable bonds is 3. The third kappa shape index (κ3) is 4.56. The minimum absolute atomic E-state index is 0.0225. The second-order valence-electron chi connectivity index (χ2n) is 7.30. The van der Waals surface area contributed by atoms with Crippen LogP contribution >= 0.6 is 11.6 Å². The van der Waals surface area contributed by atoms with Crippen LogP contribution in [0.3, 0.4) is 0 Å². The van der Waals surface area contributed by atoms with Crippen molar-refractivity contribution in [2.24, 2.45) is 4.36 Å². The molecule has 2 fully saturated rings. The fraction of sp³-hybridized carbons (Fsp3) is 0.706. The second kappa shape index (κ2) is 8.56. The highest BCUT2D eigenvalue weighted by Crippen LogP contribution is 2.42. The number of alkyl halides is 3. The van der Waals surface area contributed by atoms with Crippen LogP contribution in [0.4, 0.5) is 19.0 Å². The van der Waals surface area contributed by atoms with Crippen LogP contribution in [0.15, 0.2) is 10.4 Å². The second-order valence-corrected chi connectivity index (χ2v) is 10.2. The zero-order valence-electron chi connectivity index (χ0n) is 16.4. The Bertz CT molecular complexity index is 930. The van der Waals surface area contributed by atoms with Crippen molar-refractivity contribution in [2.45, 2.75) is 36.7 Å². The number of ether oxygens (including phenoxy) is 2. The van der Waals surface area contributed by atoms with Gasteiger partial charge in [0.2, 0.25) is 5.28 Å². The standard InChI is InChI=1S/C17H22ClF3N4O4S/c1-11-10-29-8-5-25(11)13-9-12(22-15(18)23-13)16(3-6-28-7-4-16)30(2,27)24-14(26)17(19,20)21/h9,11H,3-8,10H2,1-2H3/t11-,30?/m1/s1. The van der Waals surface area contributed by atoms with Crippen LogP contribution in [0, 0.1) is 0 Å². The molecule has 2 atom stereocenters. The first kappa shape index (κ1) is 23.2. The number of morpholine rings is 1. The Labute approximate surface area is 177 Å². The van der Waals surface area contributed by atoms with Gasteiger partial charge in [-0.05, 0) is 31.4 Å². The van der Waals surface area contributed by atoms with E-state index in [0.717, 1.165) is 6.26 Å². The summed E-state index contributed by atoms with van der Waals surface area (Å²) in [5.41, 5.74) is 0.186. The highest BCUT2D eigenvalue weighted by molar-refractivity contribution is 7.94. The molecular weight excluding hydrogens is 449 g/mol. The summed E-state index contributed by atoms with van der Waals surface area (Å²) in [6.07, 6.45) is -4.03. The minimum atomic E-state index is -5.22. The zero-order valence-corrected chi connectivity index (χ0v) is 18.0. The Balaban J connectivity index is 2.14. The summed E-state index contributed by atoms with van der Waals surface area (Å²) in [5, 5.41) is -0.135. The lowest BCUT2D eigenvalue weighted by atomic mass is 9.94. The number of amides is 1. The highest BCUT2D eigenvalue weighted by Gasteiger charge is 2.47. The topological polar surface area (TPSA) is 94.0 Å². The summed E-state index contributed by atoms with van der Waals surface area (Å²) in [6.45, 7) is 3.66. The van der Waals surface area contributed by atoms with E-state index >= 15 is 0 Å². The third-order valence-corrected chi connectivity index (χ3v) is 8.09. The van der Waals surface area contributed by atoms with Crippen LogP contribution in [0.5, 0.6) is 0 Å². The van der Waals surface area contributed by atoms with Gasteiger partial charge in [-0.3, -0.25) is 4.79 Å². The van der Waals surface area contributed by atoms with Crippen molar-refractivity contribution in [1.82, 2.24) is 9.97 Å². The lowest BCUT2D eigenvalue weighted by molar-refractivity contribution is -0.169. The molecule has 0 spiro atoms. The van der Waals surface area contributed by atoms with E-state index in [2.05, 4.69) is 14.3 Å². The van der Waals surface area contributed by atoms with Gasteiger partial charge in [0.1, 0.15) is 10.6 Å². The smallest absolute Gasteiger partial charge is 0.381 e. The Kier molecular flexibility index (Phi) is 6.61. The molecule has 1 unspecified atom stereocenters. The molecule has 168 valence electrons. The van der Waals surface area contributed by atoms with E-state index in [1.165, 1.54) is 0 Å². The fourth-order valence-electron chi connectivity index (χ4n) is 3.68. The van der Waals surface area contributed by atoms with Crippen molar-refractivity contribution in [3.8, 4) is 0 Å². The van der Waals surface area contributed by atoms with Gasteiger partial charge >= 0.3 is 12.1 Å². The minimum Gasteiger partial charge on any atom is -0.381 e. The monoisotopic (exact) mass is 470 g/mol. The number of carbonyl (C=O) groups is 1. The number of anilines is 1. The number of aromatic nitrogens is 2. The van der Waals surface area contributed by atoms with Crippen molar-refractivity contribution in [3.63, 3.8) is 0 Å². The van der Waals surface area contributed by atoms with Crippen LogP contribution in [-0.2, 0) is 28.7 Å². The summed E-state index contributed by atoms with van der Waals surface area (Å²) in [7, 11) is -3.72. The number of nitrogens with zero attached hydrogens (tertiary/aromatic N) is 4. The Morgan fingerprint density at radius 1 is 1.30 bits per heavy atom. The van der Waals surface area contributed by atoms with E-state index < -0.39 is 26.6 Å². The summed E-state index contributed by atoms with van der Waals surface area (Å²) in [5.74, 6) is -1.94. The first-order valence-corrected chi connectivity index (χ1v) is 11.6. The summed E-state index contributed by atoms with van der Waals surface area (Å²) in [6, 6.07) is 1.54. The normalized spacial score (nSPS) is 24.2. The maximum atomic E-state index is 13.5. The molecule has 1 amide bonds. The maximum absolute atomic E-state index is 13.5. The maximum Gasteiger partial charge on any atom is 0.474 e. The molecular formula is C17H22ClF3N4O4S. The molecule has 2 aliphatic rings. The average Bonchev–Trinajstić information content (AvgIpc) is 2.67. The van der Waals surface area contributed by atoms with Gasteiger partial charge in [0.25, 0.3) is 0 Å². The van der Waals surface area contributed by atoms with Crippen LogP contribution in [-0.4, -0.2) is 71.5 Å². The molecule has 0 radical (unpaired) electrons. The molecule has 8 nitrogen and oxygen atoms in total. The summed E-state index contributed by atoms with van der Waals surface area (Å²) in [4.78, 5) is 21.9. The van der Waals surface area contributed by atoms with Gasteiger partial charge in [-0.2, -0.15) is 17.5 Å². The third-order valence-electron chi connectivity index (χ3n) is 5.34. The predicted octanol–water partition coefficient (Wildman–Crippen LogP) is 2.55. The van der Waals surface area contributed by atoms with Gasteiger partial charge in [0, 0.05) is 32.1 Å². The quantitative estimate of drug-likeness (QED) is 0.626. The van der Waals surface area contributed by atoms with Crippen molar-refractivity contribution in [3.05, 3.63) is 17.0 Å². The van der Waals surface area contributed by atoms with Crippen LogP contribution in [0.25, 0.3) is 0 Å². The molecule has 2 saturated heterocycles. The Morgan fingerprint density at radius 3 is 2.57 bits per heavy atom. The van der Waals surface area contributed by atoms with Gasteiger partial charge < -0.3 is 14.4 Å². The lowest BCUT2D eigenvalue weighted by Crippen LogP contribution is -2.45. The number of halogens is 4. The predicted molar refractivity (Wildman–Crippen MR) is 104 cm³/mol. The van der Waals surface area contributed by atoms with Gasteiger partial charge in [0.05, 0.1) is 34.7 Å². The van der Waals surface area contributed by atoms with Crippen molar-refractivity contribution < 1.29 is 31.6 Å². The number of hydrogen-bond acceptors (Lipinski definition) is 7. The fourth-order valence-corrected chi connectivity index (χ4v) is 5.87. The highest BCUT2D eigenvalue weighted by atomic mass is 35.5. The van der Waals surface area contributed by atoms with E-state index in [0.29, 0.717) is 25.6 Å². The molecule has 30 heavy (non-hydrogen) atoms. The van der Waals surface area contributed by atoms with Crippen molar-refractivity contribution >= 4 is 33.1 Å². The van der Waals surface area contributed by atoms with Gasteiger partial charge in [-0.25, -0.2) is 14.2 Å². The summed E-state index contributed by atoms with van der Waals surface area (Å²) < 4.78 is 64.4. The zero-order chi connectivity index (χ0) is 22.2. The first-order valence-electron chi connectivity index (χ1n) is 9.26. The van der Waals surface area contributed by atoms with E-state index in [1.54, 1.807) is 6.07 Å². The molecule has 1 aromatic heterocycles. The van der Waals surface area contributed by atoms with Gasteiger partial charge in [0.15, 0.2) is 0 Å². The molecule has 0 saturated carbocycles. The molecule has 0 N–H and O–H groups in total. The Hall–Kier alpha value is -1.50. The van der Waals surface area contributed by atoms with E-state index in [1.807, 2.05) is 11.8 Å². The molecule has 3 heterocycles. The van der Waals surface area contributed by atoms with Crippen LogP contribution < -0.4 is 4.90 Å². The molecule has 2 aliphatic heterocycles. The Morgan fingerprint density at radius 2 is 1.97 bits per heavy atom. The molecule has 3 rings (SSSR count). The van der Waals surface area contributed by atoms with Gasteiger partial charge in [-0.15, -0.1) is 0 Å². The SMILES string of the molecule is C[C@@H]1COCCN1c1cc(C2(S(C)(=O)=NC(=O)C(F)(F)F)CCOCC2)nc(Cl)n1. The van der Waals surface area contributed by atoms with Crippen LogP contribution in [0.1, 0.15) is 25.5 Å². The van der Waals surface area contributed by atoms with Crippen molar-refractivity contribution in [2.75, 3.05) is 44.1 Å². The molecule has 0 bridgehead atoms. The largest absolute Gasteiger partial charge is 0.474 e. The number of carbonyl (C=O) groups excluding carboxylic acids is 1. The molecule has 1 aromatic rings.